The zero-order valence-electron chi connectivity index (χ0n) is 18.6. The number of sulfonamides is 1. The van der Waals surface area contributed by atoms with Crippen molar-refractivity contribution in [1.82, 2.24) is 14.5 Å². The number of carbonyl (C=O) groups is 2. The van der Waals surface area contributed by atoms with Crippen LogP contribution in [0.5, 0.6) is 0 Å². The van der Waals surface area contributed by atoms with Crippen LogP contribution < -0.4 is 10.2 Å². The van der Waals surface area contributed by atoms with Crippen molar-refractivity contribution in [3.8, 4) is 0 Å². The molecule has 0 saturated heterocycles. The minimum absolute atomic E-state index is 0.191. The van der Waals surface area contributed by atoms with Crippen molar-refractivity contribution < 1.29 is 18.0 Å². The summed E-state index contributed by atoms with van der Waals surface area (Å²) in [5.41, 5.74) is 1.30. The molecule has 1 atom stereocenters. The minimum Gasteiger partial charge on any atom is -0.353 e. The van der Waals surface area contributed by atoms with Gasteiger partial charge in [0, 0.05) is 45.2 Å². The second-order valence-electron chi connectivity index (χ2n) is 7.31. The standard InChI is InChI=1S/C21H34N4O4S/c1-6-23(7-2)13-12-22-21(27)20-15-17-14-18(30(28,29)24(8-3)9-4)10-11-19(17)25(20)16(5)26/h10-11,14,20H,6-9,12-13,15H2,1-5H3,(H,22,27)/t20-/m0/s1. The minimum atomic E-state index is -3.60. The van der Waals surface area contributed by atoms with Crippen LogP contribution in [-0.4, -0.2) is 74.7 Å². The van der Waals surface area contributed by atoms with E-state index in [1.807, 2.05) is 0 Å². The van der Waals surface area contributed by atoms with Gasteiger partial charge in [-0.2, -0.15) is 4.31 Å². The number of likely N-dealkylation sites (N-methyl/N-ethyl adjacent to an activating group) is 1. The van der Waals surface area contributed by atoms with Crippen LogP contribution in [0.1, 0.15) is 40.2 Å². The third kappa shape index (κ3) is 5.01. The lowest BCUT2D eigenvalue weighted by Gasteiger charge is -2.24. The predicted molar refractivity (Wildman–Crippen MR) is 118 cm³/mol. The summed E-state index contributed by atoms with van der Waals surface area (Å²) in [5, 5.41) is 2.92. The van der Waals surface area contributed by atoms with Gasteiger partial charge in [0.05, 0.1) is 4.90 Å². The SMILES string of the molecule is CCN(CC)CCNC(=O)[C@@H]1Cc2cc(S(=O)(=O)N(CC)CC)ccc2N1C(C)=O. The van der Waals surface area contributed by atoms with Crippen molar-refractivity contribution in [2.45, 2.75) is 52.0 Å². The lowest BCUT2D eigenvalue weighted by atomic mass is 10.1. The van der Waals surface area contributed by atoms with Crippen molar-refractivity contribution in [3.05, 3.63) is 23.8 Å². The predicted octanol–water partition coefficient (Wildman–Crippen LogP) is 1.45. The second kappa shape index (κ2) is 10.4. The summed E-state index contributed by atoms with van der Waals surface area (Å²) in [6, 6.07) is 4.09. The van der Waals surface area contributed by atoms with Crippen molar-refractivity contribution in [2.24, 2.45) is 0 Å². The van der Waals surface area contributed by atoms with Crippen LogP contribution in [0.2, 0.25) is 0 Å². The summed E-state index contributed by atoms with van der Waals surface area (Å²) in [5.74, 6) is -0.460. The van der Waals surface area contributed by atoms with E-state index in [-0.39, 0.29) is 16.7 Å². The molecule has 2 rings (SSSR count). The molecule has 0 aliphatic carbocycles. The van der Waals surface area contributed by atoms with Gasteiger partial charge in [0.2, 0.25) is 21.8 Å². The molecule has 0 unspecified atom stereocenters. The van der Waals surface area contributed by atoms with Crippen molar-refractivity contribution in [3.63, 3.8) is 0 Å². The van der Waals surface area contributed by atoms with Gasteiger partial charge >= 0.3 is 0 Å². The summed E-state index contributed by atoms with van der Waals surface area (Å²) in [4.78, 5) is 29.0. The molecule has 0 radical (unpaired) electrons. The molecular formula is C21H34N4O4S. The third-order valence-electron chi connectivity index (χ3n) is 5.64. The average Bonchev–Trinajstić information content (AvgIpc) is 3.11. The Kier molecular flexibility index (Phi) is 8.40. The Morgan fingerprint density at radius 1 is 1.10 bits per heavy atom. The Labute approximate surface area is 180 Å². The van der Waals surface area contributed by atoms with Crippen LogP contribution in [0.15, 0.2) is 23.1 Å². The molecule has 9 heteroatoms. The highest BCUT2D eigenvalue weighted by Crippen LogP contribution is 2.34. The van der Waals surface area contributed by atoms with Gasteiger partial charge < -0.3 is 10.2 Å². The van der Waals surface area contributed by atoms with E-state index in [0.717, 1.165) is 19.6 Å². The number of hydrogen-bond donors (Lipinski definition) is 1. The van der Waals surface area contributed by atoms with Gasteiger partial charge in [-0.25, -0.2) is 8.42 Å². The summed E-state index contributed by atoms with van der Waals surface area (Å²) in [6.45, 7) is 13.0. The summed E-state index contributed by atoms with van der Waals surface area (Å²) in [7, 11) is -3.60. The molecule has 1 aliphatic rings. The first kappa shape index (κ1) is 24.3. The van der Waals surface area contributed by atoms with Crippen LogP contribution in [0.3, 0.4) is 0 Å². The third-order valence-corrected chi connectivity index (χ3v) is 7.69. The summed E-state index contributed by atoms with van der Waals surface area (Å²) < 4.78 is 27.1. The van der Waals surface area contributed by atoms with E-state index in [2.05, 4.69) is 24.1 Å². The van der Waals surface area contributed by atoms with Crippen molar-refractivity contribution in [1.29, 1.82) is 0 Å². The fourth-order valence-corrected chi connectivity index (χ4v) is 5.40. The molecule has 1 aromatic rings. The number of anilines is 1. The van der Waals surface area contributed by atoms with Gasteiger partial charge in [0.25, 0.3) is 0 Å². The highest BCUT2D eigenvalue weighted by molar-refractivity contribution is 7.89. The lowest BCUT2D eigenvalue weighted by Crippen LogP contribution is -2.48. The molecule has 1 N–H and O–H groups in total. The first-order valence-electron chi connectivity index (χ1n) is 10.6. The maximum absolute atomic E-state index is 12.8. The molecule has 1 aliphatic heterocycles. The molecule has 0 saturated carbocycles. The van der Waals surface area contributed by atoms with E-state index in [0.29, 0.717) is 37.3 Å². The first-order valence-corrected chi connectivity index (χ1v) is 12.1. The van der Waals surface area contributed by atoms with Crippen molar-refractivity contribution >= 4 is 27.5 Å². The number of carbonyl (C=O) groups excluding carboxylic acids is 2. The van der Waals surface area contributed by atoms with E-state index < -0.39 is 16.1 Å². The number of nitrogens with one attached hydrogen (secondary N) is 1. The smallest absolute Gasteiger partial charge is 0.243 e. The first-order chi connectivity index (χ1) is 14.2. The maximum Gasteiger partial charge on any atom is 0.243 e. The molecule has 0 bridgehead atoms. The van der Waals surface area contributed by atoms with Gasteiger partial charge in [0.1, 0.15) is 6.04 Å². The zero-order chi connectivity index (χ0) is 22.5. The number of nitrogens with zero attached hydrogens (tertiary/aromatic N) is 3. The van der Waals surface area contributed by atoms with Crippen LogP contribution in [0.25, 0.3) is 0 Å². The monoisotopic (exact) mass is 438 g/mol. The number of amides is 2. The van der Waals surface area contributed by atoms with E-state index in [1.165, 1.54) is 22.2 Å². The fourth-order valence-electron chi connectivity index (χ4n) is 3.89. The highest BCUT2D eigenvalue weighted by Gasteiger charge is 2.37. The number of fused-ring (bicyclic) bond motifs is 1. The van der Waals surface area contributed by atoms with Gasteiger partial charge in [-0.3, -0.25) is 14.5 Å². The quantitative estimate of drug-likeness (QED) is 0.597. The lowest BCUT2D eigenvalue weighted by molar-refractivity contribution is -0.125. The second-order valence-corrected chi connectivity index (χ2v) is 9.24. The topological polar surface area (TPSA) is 90.0 Å². The van der Waals surface area contributed by atoms with Crippen LogP contribution in [0.4, 0.5) is 5.69 Å². The largest absolute Gasteiger partial charge is 0.353 e. The average molecular weight is 439 g/mol. The number of rotatable bonds is 10. The van der Waals surface area contributed by atoms with Gasteiger partial charge in [-0.1, -0.05) is 27.7 Å². The van der Waals surface area contributed by atoms with E-state index in [1.54, 1.807) is 26.0 Å². The van der Waals surface area contributed by atoms with Crippen LogP contribution in [-0.2, 0) is 26.0 Å². The molecule has 0 aromatic heterocycles. The van der Waals surface area contributed by atoms with Crippen LogP contribution >= 0.6 is 0 Å². The maximum atomic E-state index is 12.8. The fraction of sp³-hybridized carbons (Fsp3) is 0.619. The van der Waals surface area contributed by atoms with Crippen LogP contribution in [0, 0.1) is 0 Å². The Morgan fingerprint density at radius 3 is 2.27 bits per heavy atom. The summed E-state index contributed by atoms with van der Waals surface area (Å²) in [6.07, 6.45) is 0.299. The molecular weight excluding hydrogens is 404 g/mol. The zero-order valence-corrected chi connectivity index (χ0v) is 19.5. The van der Waals surface area contributed by atoms with E-state index in [9.17, 15) is 18.0 Å². The molecule has 30 heavy (non-hydrogen) atoms. The van der Waals surface area contributed by atoms with Gasteiger partial charge in [-0.15, -0.1) is 0 Å². The van der Waals surface area contributed by atoms with Gasteiger partial charge in [-0.05, 0) is 36.9 Å². The normalized spacial score (nSPS) is 16.2. The highest BCUT2D eigenvalue weighted by atomic mass is 32.2. The van der Waals surface area contributed by atoms with E-state index >= 15 is 0 Å². The number of benzene rings is 1. The summed E-state index contributed by atoms with van der Waals surface area (Å²) >= 11 is 0. The Morgan fingerprint density at radius 2 is 1.73 bits per heavy atom. The molecule has 8 nitrogen and oxygen atoms in total. The molecule has 1 aromatic carbocycles. The van der Waals surface area contributed by atoms with Gasteiger partial charge in [0.15, 0.2) is 0 Å². The molecule has 0 fully saturated rings. The molecule has 1 heterocycles. The van der Waals surface area contributed by atoms with E-state index in [4.69, 9.17) is 0 Å². The Bertz CT molecular complexity index is 864. The molecule has 0 spiro atoms. The Hall–Kier alpha value is -1.97. The molecule has 2 amide bonds. The van der Waals surface area contributed by atoms with Crippen molar-refractivity contribution in [2.75, 3.05) is 44.2 Å². The molecule has 168 valence electrons. The number of hydrogen-bond acceptors (Lipinski definition) is 5. The Balaban J connectivity index is 2.23.